The summed E-state index contributed by atoms with van der Waals surface area (Å²) in [4.78, 5) is 14.3. The summed E-state index contributed by atoms with van der Waals surface area (Å²) < 4.78 is 0. The SMILES string of the molecule is CCC(=O)N(c1ccccc1)[C@@H]1CCNC[C@@H]1C.Cl. The van der Waals surface area contributed by atoms with Crippen LogP contribution in [0.1, 0.15) is 26.7 Å². The van der Waals surface area contributed by atoms with Gasteiger partial charge in [-0.25, -0.2) is 0 Å². The molecule has 4 heteroatoms. The second-order valence-corrected chi connectivity index (χ2v) is 4.99. The molecule has 1 amide bonds. The van der Waals surface area contributed by atoms with E-state index in [-0.39, 0.29) is 18.3 Å². The summed E-state index contributed by atoms with van der Waals surface area (Å²) in [5, 5.41) is 3.39. The van der Waals surface area contributed by atoms with Gasteiger partial charge in [0, 0.05) is 18.2 Å². The van der Waals surface area contributed by atoms with Gasteiger partial charge in [0.25, 0.3) is 0 Å². The van der Waals surface area contributed by atoms with Crippen LogP contribution in [-0.2, 0) is 4.79 Å². The van der Waals surface area contributed by atoms with Crippen LogP contribution in [0.2, 0.25) is 0 Å². The van der Waals surface area contributed by atoms with Crippen molar-refractivity contribution < 1.29 is 4.79 Å². The molecule has 0 spiro atoms. The number of rotatable bonds is 3. The smallest absolute Gasteiger partial charge is 0.226 e. The molecule has 19 heavy (non-hydrogen) atoms. The number of anilines is 1. The maximum Gasteiger partial charge on any atom is 0.226 e. The number of para-hydroxylation sites is 1. The molecule has 0 unspecified atom stereocenters. The molecule has 1 heterocycles. The van der Waals surface area contributed by atoms with E-state index >= 15 is 0 Å². The number of halogens is 1. The van der Waals surface area contributed by atoms with Crippen molar-refractivity contribution in [2.75, 3.05) is 18.0 Å². The van der Waals surface area contributed by atoms with Crippen molar-refractivity contribution in [2.24, 2.45) is 5.92 Å². The van der Waals surface area contributed by atoms with Gasteiger partial charge in [-0.3, -0.25) is 4.79 Å². The van der Waals surface area contributed by atoms with Gasteiger partial charge in [-0.2, -0.15) is 0 Å². The Morgan fingerprint density at radius 1 is 1.37 bits per heavy atom. The van der Waals surface area contributed by atoms with E-state index in [1.54, 1.807) is 0 Å². The highest BCUT2D eigenvalue weighted by Crippen LogP contribution is 2.25. The van der Waals surface area contributed by atoms with Crippen LogP contribution in [-0.4, -0.2) is 25.0 Å². The van der Waals surface area contributed by atoms with Gasteiger partial charge in [0.2, 0.25) is 5.91 Å². The molecule has 1 saturated heterocycles. The summed E-state index contributed by atoms with van der Waals surface area (Å²) >= 11 is 0. The van der Waals surface area contributed by atoms with Crippen LogP contribution in [0.5, 0.6) is 0 Å². The molecular formula is C15H23ClN2O. The average molecular weight is 283 g/mol. The third-order valence-corrected chi connectivity index (χ3v) is 3.68. The Kier molecular flexibility index (Phi) is 6.32. The lowest BCUT2D eigenvalue weighted by Gasteiger charge is -2.39. The first-order valence-corrected chi connectivity index (χ1v) is 6.82. The topological polar surface area (TPSA) is 32.3 Å². The number of nitrogens with zero attached hydrogens (tertiary/aromatic N) is 1. The van der Waals surface area contributed by atoms with Crippen molar-refractivity contribution in [3.8, 4) is 0 Å². The van der Waals surface area contributed by atoms with Gasteiger partial charge in [-0.05, 0) is 37.6 Å². The minimum Gasteiger partial charge on any atom is -0.316 e. The summed E-state index contributed by atoms with van der Waals surface area (Å²) in [7, 11) is 0. The zero-order chi connectivity index (χ0) is 13.0. The maximum absolute atomic E-state index is 12.3. The van der Waals surface area contributed by atoms with Crippen LogP contribution in [0.25, 0.3) is 0 Å². The number of carbonyl (C=O) groups excluding carboxylic acids is 1. The molecule has 1 aliphatic rings. The zero-order valence-corrected chi connectivity index (χ0v) is 12.5. The van der Waals surface area contributed by atoms with Crippen LogP contribution < -0.4 is 10.2 Å². The normalized spacial score (nSPS) is 22.4. The molecule has 0 aromatic heterocycles. The molecule has 1 N–H and O–H groups in total. The molecule has 2 atom stereocenters. The van der Waals surface area contributed by atoms with Crippen LogP contribution >= 0.6 is 12.4 Å². The summed E-state index contributed by atoms with van der Waals surface area (Å²) in [6.45, 7) is 6.14. The largest absolute Gasteiger partial charge is 0.316 e. The van der Waals surface area contributed by atoms with Crippen LogP contribution in [0, 0.1) is 5.92 Å². The quantitative estimate of drug-likeness (QED) is 0.925. The van der Waals surface area contributed by atoms with Crippen molar-refractivity contribution >= 4 is 24.0 Å². The number of piperidine rings is 1. The van der Waals surface area contributed by atoms with E-state index < -0.39 is 0 Å². The first-order valence-electron chi connectivity index (χ1n) is 6.82. The Morgan fingerprint density at radius 3 is 2.63 bits per heavy atom. The molecule has 1 fully saturated rings. The molecule has 3 nitrogen and oxygen atoms in total. The Morgan fingerprint density at radius 2 is 2.05 bits per heavy atom. The van der Waals surface area contributed by atoms with Crippen molar-refractivity contribution in [3.63, 3.8) is 0 Å². The van der Waals surface area contributed by atoms with Gasteiger partial charge in [-0.15, -0.1) is 12.4 Å². The molecule has 0 radical (unpaired) electrons. The van der Waals surface area contributed by atoms with E-state index in [9.17, 15) is 4.79 Å². The first kappa shape index (κ1) is 16.0. The van der Waals surface area contributed by atoms with Crippen molar-refractivity contribution in [1.82, 2.24) is 5.32 Å². The minimum absolute atomic E-state index is 0. The standard InChI is InChI=1S/C15H22N2O.ClH/c1-3-15(18)17(13-7-5-4-6-8-13)14-9-10-16-11-12(14)2;/h4-8,12,14,16H,3,9-11H2,1-2H3;1H/t12-,14+;/m0./s1. The van der Waals surface area contributed by atoms with Gasteiger partial charge in [0.15, 0.2) is 0 Å². The van der Waals surface area contributed by atoms with Crippen LogP contribution in [0.3, 0.4) is 0 Å². The molecule has 2 rings (SSSR count). The first-order chi connectivity index (χ1) is 8.74. The lowest BCUT2D eigenvalue weighted by molar-refractivity contribution is -0.119. The number of nitrogens with one attached hydrogen (secondary N) is 1. The van der Waals surface area contributed by atoms with Crippen LogP contribution in [0.4, 0.5) is 5.69 Å². The van der Waals surface area contributed by atoms with Crippen LogP contribution in [0.15, 0.2) is 30.3 Å². The monoisotopic (exact) mass is 282 g/mol. The highest BCUT2D eigenvalue weighted by molar-refractivity contribution is 5.93. The summed E-state index contributed by atoms with van der Waals surface area (Å²) in [5.41, 5.74) is 1.03. The van der Waals surface area contributed by atoms with E-state index in [2.05, 4.69) is 12.2 Å². The molecule has 106 valence electrons. The van der Waals surface area contributed by atoms with Gasteiger partial charge >= 0.3 is 0 Å². The number of carbonyl (C=O) groups is 1. The Labute approximate surface area is 121 Å². The Bertz CT molecular complexity index is 396. The second-order valence-electron chi connectivity index (χ2n) is 4.99. The van der Waals surface area contributed by atoms with Gasteiger partial charge in [0.1, 0.15) is 0 Å². The van der Waals surface area contributed by atoms with E-state index in [1.807, 2.05) is 42.2 Å². The van der Waals surface area contributed by atoms with Gasteiger partial charge in [-0.1, -0.05) is 32.0 Å². The van der Waals surface area contributed by atoms with Crippen molar-refractivity contribution in [3.05, 3.63) is 30.3 Å². The van der Waals surface area contributed by atoms with Crippen molar-refractivity contribution in [2.45, 2.75) is 32.7 Å². The lowest BCUT2D eigenvalue weighted by atomic mass is 9.93. The molecular weight excluding hydrogens is 260 g/mol. The summed E-state index contributed by atoms with van der Waals surface area (Å²) in [5.74, 6) is 0.717. The highest BCUT2D eigenvalue weighted by atomic mass is 35.5. The van der Waals surface area contributed by atoms with Crippen molar-refractivity contribution in [1.29, 1.82) is 0 Å². The predicted molar refractivity (Wildman–Crippen MR) is 81.9 cm³/mol. The van der Waals surface area contributed by atoms with E-state index in [1.165, 1.54) is 0 Å². The second kappa shape index (κ2) is 7.51. The fourth-order valence-electron chi connectivity index (χ4n) is 2.66. The fraction of sp³-hybridized carbons (Fsp3) is 0.533. The van der Waals surface area contributed by atoms with E-state index in [0.29, 0.717) is 18.4 Å². The number of amides is 1. The number of benzene rings is 1. The minimum atomic E-state index is 0. The molecule has 0 aliphatic carbocycles. The van der Waals surface area contributed by atoms with Gasteiger partial charge < -0.3 is 10.2 Å². The Hall–Kier alpha value is -1.06. The molecule has 1 aliphatic heterocycles. The summed E-state index contributed by atoms with van der Waals surface area (Å²) in [6.07, 6.45) is 1.59. The third kappa shape index (κ3) is 3.71. The maximum atomic E-state index is 12.3. The number of hydrogen-bond donors (Lipinski definition) is 1. The average Bonchev–Trinajstić information content (AvgIpc) is 2.42. The van der Waals surface area contributed by atoms with E-state index in [4.69, 9.17) is 0 Å². The van der Waals surface area contributed by atoms with Gasteiger partial charge in [0.05, 0.1) is 0 Å². The summed E-state index contributed by atoms with van der Waals surface area (Å²) in [6, 6.07) is 10.4. The zero-order valence-electron chi connectivity index (χ0n) is 11.6. The molecule has 1 aromatic carbocycles. The number of hydrogen-bond acceptors (Lipinski definition) is 2. The molecule has 0 bridgehead atoms. The van der Waals surface area contributed by atoms with E-state index in [0.717, 1.165) is 25.2 Å². The Balaban J connectivity index is 0.00000180. The third-order valence-electron chi connectivity index (χ3n) is 3.68. The molecule has 1 aromatic rings. The predicted octanol–water partition coefficient (Wildman–Crippen LogP) is 2.85. The fourth-order valence-corrected chi connectivity index (χ4v) is 2.66. The molecule has 0 saturated carbocycles. The lowest BCUT2D eigenvalue weighted by Crippen LogP contribution is -2.51. The highest BCUT2D eigenvalue weighted by Gasteiger charge is 2.30.